The highest BCUT2D eigenvalue weighted by atomic mass is 35.6. The molecule has 0 saturated carbocycles. The fraction of sp³-hybridized carbons (Fsp3) is 0.474. The molecule has 0 aliphatic heterocycles. The van der Waals surface area contributed by atoms with Crippen molar-refractivity contribution in [2.75, 3.05) is 26.4 Å². The highest BCUT2D eigenvalue weighted by molar-refractivity contribution is 6.67. The summed E-state index contributed by atoms with van der Waals surface area (Å²) in [6, 6.07) is 3.23. The third kappa shape index (κ3) is 14.6. The Morgan fingerprint density at radius 2 is 1.65 bits per heavy atom. The van der Waals surface area contributed by atoms with Crippen molar-refractivity contribution in [2.45, 2.75) is 30.0 Å². The van der Waals surface area contributed by atoms with Gasteiger partial charge < -0.3 is 14.2 Å². The van der Waals surface area contributed by atoms with Gasteiger partial charge in [0.05, 0.1) is 29.0 Å². The number of rotatable bonds is 14. The van der Waals surface area contributed by atoms with Crippen molar-refractivity contribution in [2.24, 2.45) is 0 Å². The van der Waals surface area contributed by atoms with Gasteiger partial charge in [0.2, 0.25) is 3.79 Å². The number of benzene rings is 1. The average molecular weight is 577 g/mol. The second-order valence-corrected chi connectivity index (χ2v) is 10.4. The Balaban J connectivity index is 2.22. The maximum Gasteiger partial charge on any atom is 0.216 e. The summed E-state index contributed by atoms with van der Waals surface area (Å²) in [4.78, 5) is 5.01. The number of hydrogen-bond acceptors (Lipinski definition) is 5. The molecule has 0 aromatic heterocycles. The summed E-state index contributed by atoms with van der Waals surface area (Å²) >= 11 is 40.2. The van der Waals surface area contributed by atoms with E-state index < -0.39 is 3.79 Å². The monoisotopic (exact) mass is 573 g/mol. The van der Waals surface area contributed by atoms with E-state index in [2.05, 4.69) is 5.48 Å². The summed E-state index contributed by atoms with van der Waals surface area (Å²) in [7, 11) is 0. The van der Waals surface area contributed by atoms with Gasteiger partial charge in [-0.2, -0.15) is 0 Å². The van der Waals surface area contributed by atoms with E-state index >= 15 is 0 Å². The molecule has 0 aliphatic carbocycles. The maximum absolute atomic E-state index is 6.23. The predicted octanol–water partition coefficient (Wildman–Crippen LogP) is 8.01. The second kappa shape index (κ2) is 15.7. The maximum atomic E-state index is 6.23. The van der Waals surface area contributed by atoms with Crippen molar-refractivity contribution in [3.63, 3.8) is 0 Å². The Hall–Kier alpha value is -0.110. The van der Waals surface area contributed by atoms with E-state index in [4.69, 9.17) is 100 Å². The molecule has 176 valence electrons. The molecule has 0 aliphatic rings. The van der Waals surface area contributed by atoms with Crippen molar-refractivity contribution in [1.82, 2.24) is 5.48 Å². The van der Waals surface area contributed by atoms with E-state index in [1.54, 1.807) is 19.1 Å². The lowest BCUT2D eigenvalue weighted by Crippen LogP contribution is -2.21. The van der Waals surface area contributed by atoms with E-state index in [0.717, 1.165) is 19.3 Å². The molecule has 5 nitrogen and oxygen atoms in total. The lowest BCUT2D eigenvalue weighted by atomic mass is 10.2. The summed E-state index contributed by atoms with van der Waals surface area (Å²) < 4.78 is 15.2. The van der Waals surface area contributed by atoms with Gasteiger partial charge in [0, 0.05) is 12.1 Å². The Bertz CT molecular complexity index is 711. The van der Waals surface area contributed by atoms with Crippen LogP contribution in [-0.4, -0.2) is 30.2 Å². The third-order valence-corrected chi connectivity index (χ3v) is 4.54. The molecular weight excluding hydrogens is 554 g/mol. The first-order chi connectivity index (χ1) is 14.6. The van der Waals surface area contributed by atoms with Crippen LogP contribution in [0.4, 0.5) is 0 Å². The standard InChI is InChI=1S/C19H22Cl7NO4/c1-13(27-31-12-19(24,25)26)11-28-6-3-2-4-7-30-18-15(20)9-14(10-16(18)21)29-8-5-17(22)23/h5,9-11,27H,2-4,6-8,12H2,1H3. The second-order valence-electron chi connectivity index (χ2n) is 6.11. The fourth-order valence-electron chi connectivity index (χ4n) is 2.04. The largest absolute Gasteiger partial charge is 0.499 e. The number of ether oxygens (including phenoxy) is 3. The van der Waals surface area contributed by atoms with Crippen LogP contribution in [0.2, 0.25) is 10.0 Å². The molecule has 0 fully saturated rings. The first kappa shape index (κ1) is 28.9. The molecule has 0 heterocycles. The summed E-state index contributed by atoms with van der Waals surface area (Å²) in [5, 5.41) is 0.716. The van der Waals surface area contributed by atoms with Crippen molar-refractivity contribution in [1.29, 1.82) is 0 Å². The molecule has 1 aromatic carbocycles. The van der Waals surface area contributed by atoms with Gasteiger partial charge in [0.1, 0.15) is 29.7 Å². The van der Waals surface area contributed by atoms with E-state index in [9.17, 15) is 0 Å². The number of nitrogens with one attached hydrogen (secondary N) is 1. The Morgan fingerprint density at radius 1 is 1.00 bits per heavy atom. The first-order valence-electron chi connectivity index (χ1n) is 9.07. The molecule has 12 heteroatoms. The van der Waals surface area contributed by atoms with Crippen LogP contribution in [0.3, 0.4) is 0 Å². The van der Waals surface area contributed by atoms with Crippen LogP contribution in [0.15, 0.2) is 34.7 Å². The van der Waals surface area contributed by atoms with E-state index in [-0.39, 0.29) is 17.7 Å². The molecule has 1 aromatic rings. The lowest BCUT2D eigenvalue weighted by molar-refractivity contribution is 0.0633. The van der Waals surface area contributed by atoms with Crippen molar-refractivity contribution >= 4 is 81.2 Å². The minimum absolute atomic E-state index is 0.0904. The first-order valence-corrected chi connectivity index (χ1v) is 11.7. The van der Waals surface area contributed by atoms with Crippen molar-refractivity contribution in [3.8, 4) is 11.5 Å². The van der Waals surface area contributed by atoms with Crippen LogP contribution in [0.25, 0.3) is 0 Å². The molecule has 0 bridgehead atoms. The number of hydrogen-bond donors (Lipinski definition) is 1. The zero-order valence-corrected chi connectivity index (χ0v) is 21.8. The van der Waals surface area contributed by atoms with Gasteiger partial charge in [-0.3, -0.25) is 10.3 Å². The summed E-state index contributed by atoms with van der Waals surface area (Å²) in [6.07, 6.45) is 5.58. The smallest absolute Gasteiger partial charge is 0.216 e. The minimum atomic E-state index is -1.48. The lowest BCUT2D eigenvalue weighted by Gasteiger charge is -2.13. The zero-order chi connectivity index (χ0) is 23.3. The number of unbranched alkanes of at least 4 members (excludes halogenated alkanes) is 2. The van der Waals surface area contributed by atoms with E-state index in [0.29, 0.717) is 40.5 Å². The SMILES string of the molecule is CC(=COCCCCCOc1c(Cl)cc(OCC=C(Cl)Cl)cc1Cl)NOCC(Cl)(Cl)Cl. The van der Waals surface area contributed by atoms with Gasteiger partial charge >= 0.3 is 0 Å². The summed E-state index contributed by atoms with van der Waals surface area (Å²) in [5.74, 6) is 0.901. The van der Waals surface area contributed by atoms with Gasteiger partial charge in [-0.05, 0) is 32.3 Å². The molecule has 0 unspecified atom stereocenters. The van der Waals surface area contributed by atoms with E-state index in [1.807, 2.05) is 0 Å². The van der Waals surface area contributed by atoms with Crippen LogP contribution < -0.4 is 15.0 Å². The Morgan fingerprint density at radius 3 is 2.26 bits per heavy atom. The number of hydroxylamine groups is 1. The zero-order valence-electron chi connectivity index (χ0n) is 16.5. The van der Waals surface area contributed by atoms with Crippen LogP contribution in [-0.2, 0) is 9.57 Å². The van der Waals surface area contributed by atoms with Gasteiger partial charge in [0.15, 0.2) is 5.75 Å². The summed E-state index contributed by atoms with van der Waals surface area (Å²) in [5.41, 5.74) is 3.26. The number of alkyl halides is 3. The molecule has 31 heavy (non-hydrogen) atoms. The third-order valence-electron chi connectivity index (χ3n) is 3.34. The molecule has 0 amide bonds. The summed E-state index contributed by atoms with van der Waals surface area (Å²) in [6.45, 7) is 2.87. The van der Waals surface area contributed by atoms with Crippen LogP contribution in [0, 0.1) is 0 Å². The number of allylic oxidation sites excluding steroid dienone is 1. The molecule has 0 atom stereocenters. The topological polar surface area (TPSA) is 49.0 Å². The van der Waals surface area contributed by atoms with E-state index in [1.165, 1.54) is 12.3 Å². The minimum Gasteiger partial charge on any atom is -0.499 e. The average Bonchev–Trinajstić information content (AvgIpc) is 2.64. The van der Waals surface area contributed by atoms with Gasteiger partial charge in [-0.25, -0.2) is 0 Å². The van der Waals surface area contributed by atoms with Crippen LogP contribution >= 0.6 is 81.2 Å². The Kier molecular flexibility index (Phi) is 14.6. The van der Waals surface area contributed by atoms with Gasteiger partial charge in [-0.1, -0.05) is 81.2 Å². The number of halogens is 7. The van der Waals surface area contributed by atoms with Crippen LogP contribution in [0.1, 0.15) is 26.2 Å². The fourth-order valence-corrected chi connectivity index (χ4v) is 2.90. The molecule has 1 N–H and O–H groups in total. The predicted molar refractivity (Wildman–Crippen MR) is 130 cm³/mol. The molecule has 0 spiro atoms. The van der Waals surface area contributed by atoms with Crippen LogP contribution in [0.5, 0.6) is 11.5 Å². The quantitative estimate of drug-likeness (QED) is 0.105. The molecule has 0 radical (unpaired) electrons. The highest BCUT2D eigenvalue weighted by Crippen LogP contribution is 2.37. The molecule has 1 rings (SSSR count). The van der Waals surface area contributed by atoms with Crippen molar-refractivity contribution < 1.29 is 19.0 Å². The molecular formula is C19H22Cl7NO4. The van der Waals surface area contributed by atoms with Gasteiger partial charge in [-0.15, -0.1) is 0 Å². The van der Waals surface area contributed by atoms with Gasteiger partial charge in [0.25, 0.3) is 0 Å². The Labute approximate surface area is 217 Å². The normalized spacial score (nSPS) is 11.8. The molecule has 0 saturated heterocycles. The van der Waals surface area contributed by atoms with Crippen molar-refractivity contribution in [3.05, 3.63) is 44.7 Å². The highest BCUT2D eigenvalue weighted by Gasteiger charge is 2.19.